The molecular formula is C28H26F3N5O4. The van der Waals surface area contributed by atoms with E-state index in [1.807, 2.05) is 6.92 Å². The number of ether oxygens (including phenoxy) is 2. The number of nitrogens with zero attached hydrogens (tertiary/aromatic N) is 4. The molecule has 208 valence electrons. The van der Waals surface area contributed by atoms with Gasteiger partial charge in [-0.3, -0.25) is 9.30 Å². The lowest BCUT2D eigenvalue weighted by Crippen LogP contribution is -2.47. The molecule has 0 saturated carbocycles. The van der Waals surface area contributed by atoms with Crippen LogP contribution in [0.4, 0.5) is 23.8 Å². The van der Waals surface area contributed by atoms with Crippen molar-refractivity contribution in [1.29, 1.82) is 0 Å². The van der Waals surface area contributed by atoms with Gasteiger partial charge < -0.3 is 20.3 Å². The molecule has 2 aliphatic rings. The number of carbonyl (C=O) groups excluding carboxylic acids is 1. The van der Waals surface area contributed by atoms with Gasteiger partial charge in [-0.2, -0.15) is 13.2 Å². The number of imidazole rings is 1. The zero-order chi connectivity index (χ0) is 28.4. The van der Waals surface area contributed by atoms with Crippen molar-refractivity contribution >= 4 is 17.4 Å². The molecule has 12 heteroatoms. The summed E-state index contributed by atoms with van der Waals surface area (Å²) in [6.07, 6.45) is -2.47. The number of alkyl halides is 3. The Hall–Kier alpha value is -4.16. The Morgan fingerprint density at radius 2 is 1.82 bits per heavy atom. The Balaban J connectivity index is 1.35. The zero-order valence-electron chi connectivity index (χ0n) is 21.6. The summed E-state index contributed by atoms with van der Waals surface area (Å²) in [6.45, 7) is 3.83. The third-order valence-electron chi connectivity index (χ3n) is 7.66. The van der Waals surface area contributed by atoms with Crippen LogP contribution in [0.5, 0.6) is 0 Å². The van der Waals surface area contributed by atoms with Crippen molar-refractivity contribution in [2.45, 2.75) is 43.9 Å². The summed E-state index contributed by atoms with van der Waals surface area (Å²) in [5.74, 6) is 0.768. The van der Waals surface area contributed by atoms with Gasteiger partial charge in [0, 0.05) is 18.0 Å². The van der Waals surface area contributed by atoms with Gasteiger partial charge in [0.25, 0.3) is 0 Å². The van der Waals surface area contributed by atoms with E-state index in [1.54, 1.807) is 46.0 Å². The zero-order valence-corrected chi connectivity index (χ0v) is 21.6. The number of nitrogen functional groups attached to an aromatic ring is 1. The van der Waals surface area contributed by atoms with Gasteiger partial charge in [0.15, 0.2) is 0 Å². The maximum atomic E-state index is 13.3. The highest BCUT2D eigenvalue weighted by Crippen LogP contribution is 2.38. The van der Waals surface area contributed by atoms with Crippen molar-refractivity contribution in [3.8, 4) is 11.3 Å². The molecule has 0 radical (unpaired) electrons. The highest BCUT2D eigenvalue weighted by Gasteiger charge is 2.45. The van der Waals surface area contributed by atoms with Crippen LogP contribution in [0.1, 0.15) is 42.5 Å². The van der Waals surface area contributed by atoms with Crippen LogP contribution < -0.4 is 5.73 Å². The van der Waals surface area contributed by atoms with Crippen LogP contribution in [0.25, 0.3) is 16.8 Å². The summed E-state index contributed by atoms with van der Waals surface area (Å²) < 4.78 is 53.0. The first-order valence-corrected chi connectivity index (χ1v) is 12.7. The average Bonchev–Trinajstić information content (AvgIpc) is 3.46. The second kappa shape index (κ2) is 9.20. The Morgan fingerprint density at radius 3 is 2.55 bits per heavy atom. The Morgan fingerprint density at radius 1 is 1.10 bits per heavy atom. The lowest BCUT2D eigenvalue weighted by atomic mass is 9.87. The van der Waals surface area contributed by atoms with E-state index in [0.717, 1.165) is 12.1 Å². The van der Waals surface area contributed by atoms with Gasteiger partial charge in [-0.05, 0) is 37.1 Å². The van der Waals surface area contributed by atoms with Gasteiger partial charge in [0.2, 0.25) is 0 Å². The van der Waals surface area contributed by atoms with Gasteiger partial charge in [-0.15, -0.1) is 0 Å². The highest BCUT2D eigenvalue weighted by molar-refractivity contribution is 5.85. The van der Waals surface area contributed by atoms with Crippen molar-refractivity contribution < 1.29 is 32.5 Å². The second-order valence-corrected chi connectivity index (χ2v) is 10.2. The summed E-state index contributed by atoms with van der Waals surface area (Å²) in [5.41, 5.74) is 5.94. The number of halogens is 3. The maximum absolute atomic E-state index is 13.3. The lowest BCUT2D eigenvalue weighted by Gasteiger charge is -2.33. The first-order chi connectivity index (χ1) is 18.9. The number of benzene rings is 2. The molecule has 2 aromatic heterocycles. The highest BCUT2D eigenvalue weighted by atomic mass is 19.4. The number of amides is 1. The van der Waals surface area contributed by atoms with Crippen LogP contribution in [0.3, 0.4) is 0 Å². The minimum Gasteiger partial charge on any atom is -0.444 e. The van der Waals surface area contributed by atoms with Gasteiger partial charge in [-0.1, -0.05) is 36.4 Å². The number of fused-ring (bicyclic) bond motifs is 2. The fraction of sp³-hybridized carbons (Fsp3) is 0.321. The van der Waals surface area contributed by atoms with Gasteiger partial charge in [0.05, 0.1) is 24.8 Å². The molecule has 2 aliphatic heterocycles. The molecule has 0 spiro atoms. The van der Waals surface area contributed by atoms with Crippen LogP contribution in [0, 0.1) is 0 Å². The molecule has 0 aliphatic carbocycles. The molecule has 4 atom stereocenters. The summed E-state index contributed by atoms with van der Waals surface area (Å²) in [7, 11) is 0. The van der Waals surface area contributed by atoms with E-state index in [4.69, 9.17) is 20.2 Å². The third kappa shape index (κ3) is 4.23. The maximum Gasteiger partial charge on any atom is 0.416 e. The van der Waals surface area contributed by atoms with E-state index in [1.165, 1.54) is 19.1 Å². The molecule has 40 heavy (non-hydrogen) atoms. The lowest BCUT2D eigenvalue weighted by molar-refractivity contribution is -0.137. The summed E-state index contributed by atoms with van der Waals surface area (Å²) in [4.78, 5) is 23.0. The number of nitrogens with two attached hydrogens (primary N) is 1. The SMILES string of the molecule is C[C@@H]1OC(=O)N2C[C@H](c3nc(-c4ccc(C(C)(O)c5cccc(C(F)(F)F)c5)cc4)c4c(N)nccn34)OC[C@@H]12. The fourth-order valence-corrected chi connectivity index (χ4v) is 5.36. The standard InChI is InChI=1S/C28H26F3N5O4/c1-15-20-14-39-21(13-36(20)26(37)40-15)25-34-22(23-24(32)33-10-11-35(23)25)16-6-8-17(9-7-16)27(2,38)18-4-3-5-19(12-18)28(29,30)31/h3-12,15,20-21,38H,13-14H2,1-2H3,(H2,32,33)/t15-,20-,21+,27?/m0/s1. The molecule has 3 N–H and O–H groups in total. The van der Waals surface area contributed by atoms with E-state index >= 15 is 0 Å². The van der Waals surface area contributed by atoms with E-state index in [2.05, 4.69) is 4.98 Å². The Labute approximate surface area is 227 Å². The van der Waals surface area contributed by atoms with Crippen molar-refractivity contribution in [3.63, 3.8) is 0 Å². The molecule has 0 bridgehead atoms. The van der Waals surface area contributed by atoms with Gasteiger partial charge in [-0.25, -0.2) is 14.8 Å². The van der Waals surface area contributed by atoms with Crippen molar-refractivity contribution in [1.82, 2.24) is 19.3 Å². The van der Waals surface area contributed by atoms with E-state index in [-0.39, 0.29) is 30.1 Å². The Kier molecular flexibility index (Phi) is 6.00. The van der Waals surface area contributed by atoms with E-state index in [0.29, 0.717) is 34.8 Å². The summed E-state index contributed by atoms with van der Waals surface area (Å²) in [5, 5.41) is 11.2. The van der Waals surface area contributed by atoms with Crippen LogP contribution in [-0.2, 0) is 21.3 Å². The number of hydrogen-bond acceptors (Lipinski definition) is 7. The minimum atomic E-state index is -4.53. The fourth-order valence-electron chi connectivity index (χ4n) is 5.36. The number of hydrogen-bond donors (Lipinski definition) is 2. The van der Waals surface area contributed by atoms with E-state index < -0.39 is 29.5 Å². The first kappa shape index (κ1) is 26.1. The molecule has 2 aromatic carbocycles. The number of anilines is 1. The number of aromatic nitrogens is 3. The van der Waals surface area contributed by atoms with Crippen molar-refractivity contribution in [2.24, 2.45) is 0 Å². The van der Waals surface area contributed by atoms with Crippen LogP contribution in [0.2, 0.25) is 0 Å². The largest absolute Gasteiger partial charge is 0.444 e. The third-order valence-corrected chi connectivity index (χ3v) is 7.66. The number of aliphatic hydroxyl groups is 1. The number of rotatable bonds is 4. The quantitative estimate of drug-likeness (QED) is 0.382. The second-order valence-electron chi connectivity index (χ2n) is 10.2. The molecule has 9 nitrogen and oxygen atoms in total. The number of morpholine rings is 1. The average molecular weight is 554 g/mol. The first-order valence-electron chi connectivity index (χ1n) is 12.7. The number of cyclic esters (lactones) is 1. The monoisotopic (exact) mass is 553 g/mol. The van der Waals surface area contributed by atoms with Crippen LogP contribution in [-0.4, -0.2) is 55.8 Å². The molecule has 6 rings (SSSR count). The molecular weight excluding hydrogens is 527 g/mol. The van der Waals surface area contributed by atoms with Crippen molar-refractivity contribution in [3.05, 3.63) is 83.4 Å². The minimum absolute atomic E-state index is 0.112. The van der Waals surface area contributed by atoms with Gasteiger partial charge >= 0.3 is 12.3 Å². The molecule has 1 amide bonds. The van der Waals surface area contributed by atoms with E-state index in [9.17, 15) is 23.1 Å². The van der Waals surface area contributed by atoms with Crippen LogP contribution in [0.15, 0.2) is 60.9 Å². The number of carbonyl (C=O) groups is 1. The molecule has 2 saturated heterocycles. The summed E-state index contributed by atoms with van der Waals surface area (Å²) in [6, 6.07) is 11.2. The predicted molar refractivity (Wildman–Crippen MR) is 138 cm³/mol. The normalized spacial score (nSPS) is 22.7. The smallest absolute Gasteiger partial charge is 0.416 e. The van der Waals surface area contributed by atoms with Crippen LogP contribution >= 0.6 is 0 Å². The molecule has 1 unspecified atom stereocenters. The predicted octanol–water partition coefficient (Wildman–Crippen LogP) is 4.53. The van der Waals surface area contributed by atoms with Gasteiger partial charge in [0.1, 0.15) is 40.7 Å². The molecule has 2 fully saturated rings. The molecule has 4 heterocycles. The topological polar surface area (TPSA) is 115 Å². The summed E-state index contributed by atoms with van der Waals surface area (Å²) >= 11 is 0. The molecule has 4 aromatic rings. The Bertz CT molecular complexity index is 1600. The van der Waals surface area contributed by atoms with Crippen molar-refractivity contribution in [2.75, 3.05) is 18.9 Å².